The summed E-state index contributed by atoms with van der Waals surface area (Å²) < 4.78 is 0. The van der Waals surface area contributed by atoms with E-state index in [-0.39, 0.29) is 12.1 Å². The molecule has 1 aliphatic rings. The van der Waals surface area contributed by atoms with Gasteiger partial charge in [0.15, 0.2) is 0 Å². The van der Waals surface area contributed by atoms with Crippen LogP contribution in [0.1, 0.15) is 39.7 Å². The van der Waals surface area contributed by atoms with Crippen molar-refractivity contribution >= 4 is 17.5 Å². The van der Waals surface area contributed by atoms with E-state index >= 15 is 0 Å². The minimum Gasteiger partial charge on any atom is -0.330 e. The number of nitrogens with zero attached hydrogens (tertiary/aromatic N) is 2. The van der Waals surface area contributed by atoms with E-state index in [9.17, 15) is 9.59 Å². The maximum Gasteiger partial charge on any atom is 0.316 e. The second-order valence-corrected chi connectivity index (χ2v) is 6.09. The van der Waals surface area contributed by atoms with Gasteiger partial charge in [0.2, 0.25) is 0 Å². The lowest BCUT2D eigenvalue weighted by Crippen LogP contribution is -2.51. The van der Waals surface area contributed by atoms with Crippen LogP contribution < -0.4 is 4.90 Å². The van der Waals surface area contributed by atoms with Crippen LogP contribution in [0.15, 0.2) is 24.3 Å². The highest BCUT2D eigenvalue weighted by Crippen LogP contribution is 2.27. The molecule has 21 heavy (non-hydrogen) atoms. The summed E-state index contributed by atoms with van der Waals surface area (Å²) in [5.41, 5.74) is 2.03. The molecule has 0 saturated heterocycles. The number of hydrogen-bond acceptors (Lipinski definition) is 2. The molecule has 0 saturated carbocycles. The van der Waals surface area contributed by atoms with Crippen LogP contribution in [0.5, 0.6) is 0 Å². The third-order valence-corrected chi connectivity index (χ3v) is 3.89. The second kappa shape index (κ2) is 6.29. The lowest BCUT2D eigenvalue weighted by atomic mass is 10.0. The van der Waals surface area contributed by atoms with Crippen molar-refractivity contribution in [1.29, 1.82) is 0 Å². The third-order valence-electron chi connectivity index (χ3n) is 3.89. The minimum absolute atomic E-state index is 0.0153. The maximum absolute atomic E-state index is 12.6. The molecule has 0 bridgehead atoms. The predicted molar refractivity (Wildman–Crippen MR) is 84.2 cm³/mol. The number of amides is 2. The van der Waals surface area contributed by atoms with Crippen LogP contribution in [0, 0.1) is 0 Å². The highest BCUT2D eigenvalue weighted by Gasteiger charge is 2.32. The summed E-state index contributed by atoms with van der Waals surface area (Å²) >= 11 is 0. The monoisotopic (exact) mass is 288 g/mol. The van der Waals surface area contributed by atoms with E-state index in [4.69, 9.17) is 0 Å². The molecule has 0 aromatic heterocycles. The molecule has 0 N–H and O–H groups in total. The normalized spacial score (nSPS) is 14.3. The fourth-order valence-corrected chi connectivity index (χ4v) is 3.04. The van der Waals surface area contributed by atoms with Gasteiger partial charge in [0.05, 0.1) is 0 Å². The zero-order chi connectivity index (χ0) is 15.6. The second-order valence-electron chi connectivity index (χ2n) is 6.09. The van der Waals surface area contributed by atoms with Crippen LogP contribution in [0.3, 0.4) is 0 Å². The molecular formula is C17H24N2O2. The minimum atomic E-state index is -0.412. The SMILES string of the molecule is CC(C)N(C(=O)C(=O)N1CCCc2ccccc21)C(C)C. The van der Waals surface area contributed by atoms with E-state index in [2.05, 4.69) is 0 Å². The standard InChI is InChI=1S/C17H24N2O2/c1-12(2)19(13(3)4)17(21)16(20)18-11-7-9-14-8-5-6-10-15(14)18/h5-6,8,10,12-13H,7,9,11H2,1-4H3. The Bertz CT molecular complexity index is 529. The zero-order valence-corrected chi connectivity index (χ0v) is 13.3. The van der Waals surface area contributed by atoms with Gasteiger partial charge in [0.25, 0.3) is 0 Å². The van der Waals surface area contributed by atoms with Crippen LogP contribution in [0.4, 0.5) is 5.69 Å². The largest absolute Gasteiger partial charge is 0.330 e. The van der Waals surface area contributed by atoms with E-state index in [1.54, 1.807) is 9.80 Å². The summed E-state index contributed by atoms with van der Waals surface area (Å²) in [6.07, 6.45) is 1.87. The van der Waals surface area contributed by atoms with Gasteiger partial charge in [0, 0.05) is 24.3 Å². The van der Waals surface area contributed by atoms with Crippen molar-refractivity contribution in [2.24, 2.45) is 0 Å². The predicted octanol–water partition coefficient (Wildman–Crippen LogP) is 2.61. The van der Waals surface area contributed by atoms with Crippen LogP contribution in [0.25, 0.3) is 0 Å². The molecule has 4 heteroatoms. The Morgan fingerprint density at radius 1 is 1.10 bits per heavy atom. The summed E-state index contributed by atoms with van der Waals surface area (Å²) in [5, 5.41) is 0. The van der Waals surface area contributed by atoms with Gasteiger partial charge in [-0.2, -0.15) is 0 Å². The number of anilines is 1. The van der Waals surface area contributed by atoms with Gasteiger partial charge in [-0.05, 0) is 52.2 Å². The molecule has 0 radical (unpaired) electrons. The van der Waals surface area contributed by atoms with E-state index in [0.29, 0.717) is 6.54 Å². The van der Waals surface area contributed by atoms with Crippen LogP contribution >= 0.6 is 0 Å². The number of fused-ring (bicyclic) bond motifs is 1. The molecule has 2 amide bonds. The van der Waals surface area contributed by atoms with Crippen molar-refractivity contribution in [3.8, 4) is 0 Å². The number of para-hydroxylation sites is 1. The van der Waals surface area contributed by atoms with Crippen molar-refractivity contribution in [1.82, 2.24) is 4.90 Å². The van der Waals surface area contributed by atoms with Crippen molar-refractivity contribution in [2.75, 3.05) is 11.4 Å². The molecule has 1 aromatic rings. The molecule has 0 aliphatic carbocycles. The Labute approximate surface area is 126 Å². The fraction of sp³-hybridized carbons (Fsp3) is 0.529. The van der Waals surface area contributed by atoms with E-state index in [1.165, 1.54) is 0 Å². The van der Waals surface area contributed by atoms with Crippen molar-refractivity contribution in [3.05, 3.63) is 29.8 Å². The highest BCUT2D eigenvalue weighted by atomic mass is 16.2. The van der Waals surface area contributed by atoms with E-state index in [0.717, 1.165) is 24.1 Å². The smallest absolute Gasteiger partial charge is 0.316 e. The topological polar surface area (TPSA) is 40.6 Å². The van der Waals surface area contributed by atoms with Crippen molar-refractivity contribution in [2.45, 2.75) is 52.6 Å². The Balaban J connectivity index is 2.27. The van der Waals surface area contributed by atoms with Crippen LogP contribution in [0.2, 0.25) is 0 Å². The Morgan fingerprint density at radius 2 is 1.71 bits per heavy atom. The molecule has 2 rings (SSSR count). The Morgan fingerprint density at radius 3 is 2.33 bits per heavy atom. The van der Waals surface area contributed by atoms with E-state index < -0.39 is 11.8 Å². The molecular weight excluding hydrogens is 264 g/mol. The Hall–Kier alpha value is -1.84. The summed E-state index contributed by atoms with van der Waals surface area (Å²) in [6, 6.07) is 7.88. The molecule has 1 aromatic carbocycles. The summed E-state index contributed by atoms with van der Waals surface area (Å²) in [5.74, 6) is -0.818. The highest BCUT2D eigenvalue weighted by molar-refractivity contribution is 6.40. The van der Waals surface area contributed by atoms with Gasteiger partial charge in [-0.3, -0.25) is 9.59 Å². The van der Waals surface area contributed by atoms with Crippen molar-refractivity contribution < 1.29 is 9.59 Å². The number of rotatable bonds is 2. The molecule has 0 unspecified atom stereocenters. The number of benzene rings is 1. The molecule has 0 atom stereocenters. The average Bonchev–Trinajstić information content (AvgIpc) is 2.45. The van der Waals surface area contributed by atoms with Gasteiger partial charge in [-0.15, -0.1) is 0 Å². The zero-order valence-electron chi connectivity index (χ0n) is 13.3. The van der Waals surface area contributed by atoms with Gasteiger partial charge < -0.3 is 9.80 Å². The lowest BCUT2D eigenvalue weighted by molar-refractivity contribution is -0.147. The first-order valence-corrected chi connectivity index (χ1v) is 7.65. The summed E-state index contributed by atoms with van der Waals surface area (Å²) in [4.78, 5) is 28.5. The van der Waals surface area contributed by atoms with E-state index in [1.807, 2.05) is 52.0 Å². The van der Waals surface area contributed by atoms with Gasteiger partial charge in [-0.1, -0.05) is 18.2 Å². The molecule has 114 valence electrons. The first-order valence-electron chi connectivity index (χ1n) is 7.65. The molecule has 0 fully saturated rings. The lowest BCUT2D eigenvalue weighted by Gasteiger charge is -2.34. The molecule has 4 nitrogen and oxygen atoms in total. The number of carbonyl (C=O) groups excluding carboxylic acids is 2. The number of aryl methyl sites for hydroxylation is 1. The Kier molecular flexibility index (Phi) is 4.66. The molecule has 1 aliphatic heterocycles. The first-order chi connectivity index (χ1) is 9.93. The van der Waals surface area contributed by atoms with Gasteiger partial charge in [-0.25, -0.2) is 0 Å². The fourth-order valence-electron chi connectivity index (χ4n) is 3.04. The maximum atomic E-state index is 12.6. The first kappa shape index (κ1) is 15.5. The van der Waals surface area contributed by atoms with Crippen molar-refractivity contribution in [3.63, 3.8) is 0 Å². The summed E-state index contributed by atoms with van der Waals surface area (Å²) in [6.45, 7) is 8.38. The quantitative estimate of drug-likeness (QED) is 0.785. The molecule has 0 spiro atoms. The number of hydrogen-bond donors (Lipinski definition) is 0. The van der Waals surface area contributed by atoms with Gasteiger partial charge >= 0.3 is 11.8 Å². The summed E-state index contributed by atoms with van der Waals surface area (Å²) in [7, 11) is 0. The van der Waals surface area contributed by atoms with Crippen LogP contribution in [-0.4, -0.2) is 35.3 Å². The van der Waals surface area contributed by atoms with Gasteiger partial charge in [0.1, 0.15) is 0 Å². The average molecular weight is 288 g/mol. The third kappa shape index (κ3) is 3.09. The van der Waals surface area contributed by atoms with Crippen LogP contribution in [-0.2, 0) is 16.0 Å². The molecule has 1 heterocycles. The number of carbonyl (C=O) groups is 2.